The van der Waals surface area contributed by atoms with Crippen LogP contribution in [0.15, 0.2) is 16.7 Å². The van der Waals surface area contributed by atoms with Crippen molar-refractivity contribution in [2.24, 2.45) is 0 Å². The van der Waals surface area contributed by atoms with Crippen molar-refractivity contribution in [2.45, 2.75) is 6.92 Å². The van der Waals surface area contributed by atoms with Gasteiger partial charge in [0.25, 0.3) is 0 Å². The number of hydrogen-bond donors (Lipinski definition) is 1. The molecular formula is C7H10BrClN2O2. The van der Waals surface area contributed by atoms with Crippen LogP contribution in [-0.4, -0.2) is 6.61 Å². The number of nitrogen functional groups attached to an aromatic ring is 1. The molecule has 0 saturated carbocycles. The third kappa shape index (κ3) is 2.93. The zero-order valence-electron chi connectivity index (χ0n) is 6.99. The number of rotatable bonds is 2. The van der Waals surface area contributed by atoms with Gasteiger partial charge in [0.05, 0.1) is 11.1 Å². The second-order valence-corrected chi connectivity index (χ2v) is 3.08. The van der Waals surface area contributed by atoms with Crippen LogP contribution in [0.3, 0.4) is 0 Å². The van der Waals surface area contributed by atoms with E-state index in [-0.39, 0.29) is 18.2 Å². The predicted molar refractivity (Wildman–Crippen MR) is 55.9 cm³/mol. The average molecular weight is 270 g/mol. The minimum Gasteiger partial charge on any atom is -0.710 e. The number of nitrogens with zero attached hydrogens (tertiary/aromatic N) is 1. The van der Waals surface area contributed by atoms with E-state index < -0.39 is 0 Å². The lowest BCUT2D eigenvalue weighted by Gasteiger charge is -2.09. The highest BCUT2D eigenvalue weighted by Crippen LogP contribution is 2.21. The smallest absolute Gasteiger partial charge is 0.318 e. The van der Waals surface area contributed by atoms with Gasteiger partial charge in [0, 0.05) is 6.07 Å². The molecule has 0 aromatic carbocycles. The van der Waals surface area contributed by atoms with Crippen molar-refractivity contribution < 1.29 is 9.47 Å². The van der Waals surface area contributed by atoms with E-state index in [0.717, 1.165) is 0 Å². The third-order valence-electron chi connectivity index (χ3n) is 1.30. The van der Waals surface area contributed by atoms with Gasteiger partial charge in [-0.3, -0.25) is 5.73 Å². The van der Waals surface area contributed by atoms with Crippen LogP contribution in [0.2, 0.25) is 0 Å². The van der Waals surface area contributed by atoms with E-state index in [2.05, 4.69) is 15.9 Å². The normalized spacial score (nSPS) is 9.08. The Bertz CT molecular complexity index is 296. The second-order valence-electron chi connectivity index (χ2n) is 2.17. The maximum atomic E-state index is 11.0. The van der Waals surface area contributed by atoms with E-state index in [1.807, 2.05) is 6.92 Å². The van der Waals surface area contributed by atoms with E-state index >= 15 is 0 Å². The first-order valence-electron chi connectivity index (χ1n) is 3.46. The Hall–Kier alpha value is -0.680. The molecule has 0 spiro atoms. The minimum atomic E-state index is 0. The van der Waals surface area contributed by atoms with Crippen LogP contribution < -0.4 is 15.2 Å². The Balaban J connectivity index is 0.00000144. The Labute approximate surface area is 90.8 Å². The van der Waals surface area contributed by atoms with Crippen molar-refractivity contribution in [2.75, 3.05) is 12.3 Å². The van der Waals surface area contributed by atoms with Gasteiger partial charge in [-0.05, 0) is 22.9 Å². The fraction of sp³-hybridized carbons (Fsp3) is 0.286. The van der Waals surface area contributed by atoms with Crippen molar-refractivity contribution in [3.05, 3.63) is 21.9 Å². The molecule has 6 heteroatoms. The minimum absolute atomic E-state index is 0. The number of anilines is 1. The summed E-state index contributed by atoms with van der Waals surface area (Å²) in [4.78, 5) is 0. The molecule has 1 rings (SSSR count). The zero-order valence-corrected chi connectivity index (χ0v) is 9.39. The van der Waals surface area contributed by atoms with Gasteiger partial charge in [-0.2, -0.15) is 0 Å². The highest BCUT2D eigenvalue weighted by molar-refractivity contribution is 9.10. The molecule has 0 unspecified atom stereocenters. The van der Waals surface area contributed by atoms with Crippen molar-refractivity contribution >= 4 is 34.2 Å². The molecule has 13 heavy (non-hydrogen) atoms. The molecule has 4 nitrogen and oxygen atoms in total. The van der Waals surface area contributed by atoms with E-state index in [1.165, 1.54) is 6.20 Å². The van der Waals surface area contributed by atoms with Crippen LogP contribution in [0, 0.1) is 5.21 Å². The Kier molecular flexibility index (Phi) is 4.87. The Morgan fingerprint density at radius 1 is 1.69 bits per heavy atom. The number of halogens is 2. The van der Waals surface area contributed by atoms with Crippen LogP contribution in [0.1, 0.15) is 6.92 Å². The van der Waals surface area contributed by atoms with Crippen LogP contribution in [0.4, 0.5) is 5.82 Å². The molecule has 0 radical (unpaired) electrons. The maximum absolute atomic E-state index is 11.0. The highest BCUT2D eigenvalue weighted by atomic mass is 79.9. The fourth-order valence-corrected chi connectivity index (χ4v) is 1.19. The average Bonchev–Trinajstić information content (AvgIpc) is 2.00. The molecule has 0 aliphatic rings. The van der Waals surface area contributed by atoms with E-state index in [4.69, 9.17) is 10.5 Å². The molecule has 0 aliphatic heterocycles. The quantitative estimate of drug-likeness (QED) is 0.653. The Morgan fingerprint density at radius 2 is 2.31 bits per heavy atom. The lowest BCUT2D eigenvalue weighted by molar-refractivity contribution is -0.590. The van der Waals surface area contributed by atoms with Crippen LogP contribution in [0.5, 0.6) is 5.75 Å². The van der Waals surface area contributed by atoms with Crippen molar-refractivity contribution in [3.8, 4) is 5.75 Å². The largest absolute Gasteiger partial charge is 0.710 e. The summed E-state index contributed by atoms with van der Waals surface area (Å²) in [6.07, 6.45) is 1.33. The first-order chi connectivity index (χ1) is 5.65. The van der Waals surface area contributed by atoms with Crippen LogP contribution >= 0.6 is 28.3 Å². The molecule has 1 aromatic heterocycles. The highest BCUT2D eigenvalue weighted by Gasteiger charge is 2.08. The molecule has 74 valence electrons. The number of ether oxygens (including phenoxy) is 1. The summed E-state index contributed by atoms with van der Waals surface area (Å²) < 4.78 is 6.34. The summed E-state index contributed by atoms with van der Waals surface area (Å²) >= 11 is 3.16. The molecule has 1 aromatic rings. The number of aromatic nitrogens is 1. The van der Waals surface area contributed by atoms with Gasteiger partial charge in [-0.25, -0.2) is 4.73 Å². The molecule has 0 bridgehead atoms. The molecule has 0 aliphatic carbocycles. The lowest BCUT2D eigenvalue weighted by atomic mass is 10.4. The Morgan fingerprint density at radius 3 is 2.85 bits per heavy atom. The van der Waals surface area contributed by atoms with Crippen LogP contribution in [-0.2, 0) is 0 Å². The van der Waals surface area contributed by atoms with Gasteiger partial charge in [-0.15, -0.1) is 12.4 Å². The fourth-order valence-electron chi connectivity index (χ4n) is 0.798. The molecule has 0 amide bonds. The monoisotopic (exact) mass is 268 g/mol. The zero-order chi connectivity index (χ0) is 9.14. The first-order valence-corrected chi connectivity index (χ1v) is 4.25. The molecule has 0 atom stereocenters. The second kappa shape index (κ2) is 5.14. The molecule has 0 fully saturated rings. The first kappa shape index (κ1) is 12.3. The summed E-state index contributed by atoms with van der Waals surface area (Å²) in [5.41, 5.74) is 5.44. The SMILES string of the molecule is CCOc1cc(Br)c[n+]([O-])c1N.Cl. The molecule has 1 heterocycles. The van der Waals surface area contributed by atoms with Gasteiger partial charge < -0.3 is 9.94 Å². The van der Waals surface area contributed by atoms with E-state index in [0.29, 0.717) is 21.6 Å². The van der Waals surface area contributed by atoms with Gasteiger partial charge in [0.1, 0.15) is 6.20 Å². The number of hydrogen-bond acceptors (Lipinski definition) is 3. The number of nitrogens with two attached hydrogens (primary N) is 1. The molecule has 0 saturated heterocycles. The summed E-state index contributed by atoms with van der Waals surface area (Å²) in [5.74, 6) is 0.488. The topological polar surface area (TPSA) is 62.2 Å². The van der Waals surface area contributed by atoms with Gasteiger partial charge in [0.2, 0.25) is 5.75 Å². The van der Waals surface area contributed by atoms with E-state index in [1.54, 1.807) is 6.07 Å². The van der Waals surface area contributed by atoms with Gasteiger partial charge in [-0.1, -0.05) is 0 Å². The van der Waals surface area contributed by atoms with Gasteiger partial charge >= 0.3 is 5.82 Å². The summed E-state index contributed by atoms with van der Waals surface area (Å²) in [6.45, 7) is 2.32. The maximum Gasteiger partial charge on any atom is 0.318 e. The van der Waals surface area contributed by atoms with Crippen molar-refractivity contribution in [1.82, 2.24) is 0 Å². The third-order valence-corrected chi connectivity index (χ3v) is 1.73. The molecular weight excluding hydrogens is 259 g/mol. The number of pyridine rings is 1. The van der Waals surface area contributed by atoms with Gasteiger partial charge in [0.15, 0.2) is 0 Å². The molecule has 2 N–H and O–H groups in total. The summed E-state index contributed by atoms with van der Waals surface area (Å²) in [7, 11) is 0. The standard InChI is InChI=1S/C7H9BrN2O2.ClH/c1-2-12-6-3-5(8)4-10(11)7(6)9;/h3-4H,2,9H2,1H3;1H. The van der Waals surface area contributed by atoms with E-state index in [9.17, 15) is 5.21 Å². The van der Waals surface area contributed by atoms with Crippen LogP contribution in [0.25, 0.3) is 0 Å². The summed E-state index contributed by atoms with van der Waals surface area (Å²) in [6, 6.07) is 1.66. The summed E-state index contributed by atoms with van der Waals surface area (Å²) in [5, 5.41) is 11.0. The predicted octanol–water partition coefficient (Wildman–Crippen LogP) is 1.49. The van der Waals surface area contributed by atoms with Crippen molar-refractivity contribution in [1.29, 1.82) is 0 Å². The lowest BCUT2D eigenvalue weighted by Crippen LogP contribution is -2.30. The van der Waals surface area contributed by atoms with Crippen molar-refractivity contribution in [3.63, 3.8) is 0 Å².